The van der Waals surface area contributed by atoms with E-state index in [2.05, 4.69) is 4.98 Å². The highest BCUT2D eigenvalue weighted by Gasteiger charge is 2.36. The van der Waals surface area contributed by atoms with Crippen LogP contribution in [0.4, 0.5) is 22.0 Å². The summed E-state index contributed by atoms with van der Waals surface area (Å²) in [4.78, 5) is 29.0. The molecule has 0 saturated heterocycles. The average molecular weight is 395 g/mol. The summed E-state index contributed by atoms with van der Waals surface area (Å²) in [5.41, 5.74) is -6.59. The zero-order chi connectivity index (χ0) is 23.3. The number of ketones is 2. The lowest BCUT2D eigenvalue weighted by Gasteiger charge is -2.20. The average Bonchev–Trinajstić information content (AvgIpc) is 2.65. The molecule has 4 nitrogen and oxygen atoms in total. The minimum absolute atomic E-state index is 0.345. The van der Waals surface area contributed by atoms with Crippen LogP contribution in [0, 0.1) is 23.0 Å². The van der Waals surface area contributed by atoms with Gasteiger partial charge in [-0.05, 0) is 31.1 Å². The maximum Gasteiger partial charge on any atom is 0.419 e. The van der Waals surface area contributed by atoms with E-state index in [1.54, 1.807) is 0 Å². The Morgan fingerprint density at radius 1 is 1.07 bits per heavy atom. The molecule has 1 heterocycles. The molecule has 1 aliphatic carbocycles. The highest BCUT2D eigenvalue weighted by Crippen LogP contribution is 2.33. The van der Waals surface area contributed by atoms with E-state index in [0.717, 1.165) is 6.07 Å². The van der Waals surface area contributed by atoms with Crippen molar-refractivity contribution in [1.29, 1.82) is 5.26 Å². The molecule has 0 N–H and O–H groups in total. The lowest BCUT2D eigenvalue weighted by atomic mass is 9.82. The topological polar surface area (TPSA) is 70.8 Å². The second-order valence-electron chi connectivity index (χ2n) is 5.78. The van der Waals surface area contributed by atoms with E-state index >= 15 is 0 Å². The molecule has 0 saturated carbocycles. The summed E-state index contributed by atoms with van der Waals surface area (Å²) < 4.78 is 89.9. The molecule has 0 amide bonds. The molecular formula is C19H9F5N2O2. The standard InChI is InChI=1S/C19H9F5N2O2/c1-8-10(6-9-2-3-11(19(22,23)24)14(7-25)26-9)18(28)16-13(21)5-4-12(20)15(16)17(8)27/h2-5H,6H2,1H3/i1D3. The zero-order valence-electron chi connectivity index (χ0n) is 16.6. The molecule has 1 aromatic heterocycles. The first-order valence-corrected chi connectivity index (χ1v) is 7.55. The third kappa shape index (κ3) is 3.07. The summed E-state index contributed by atoms with van der Waals surface area (Å²) in [5.74, 6) is -5.31. The summed E-state index contributed by atoms with van der Waals surface area (Å²) in [6.45, 7) is -3.22. The first-order chi connectivity index (χ1) is 14.3. The Morgan fingerprint density at radius 3 is 2.21 bits per heavy atom. The minimum atomic E-state index is -4.89. The van der Waals surface area contributed by atoms with Gasteiger partial charge < -0.3 is 0 Å². The Hall–Kier alpha value is -3.41. The van der Waals surface area contributed by atoms with Gasteiger partial charge in [-0.2, -0.15) is 18.4 Å². The van der Waals surface area contributed by atoms with Crippen molar-refractivity contribution in [3.05, 3.63) is 75.1 Å². The second-order valence-corrected chi connectivity index (χ2v) is 5.78. The van der Waals surface area contributed by atoms with Gasteiger partial charge in [0.25, 0.3) is 0 Å². The van der Waals surface area contributed by atoms with E-state index in [1.165, 1.54) is 6.07 Å². The number of rotatable bonds is 2. The van der Waals surface area contributed by atoms with E-state index in [0.29, 0.717) is 18.2 Å². The van der Waals surface area contributed by atoms with Gasteiger partial charge in [0.05, 0.1) is 16.7 Å². The van der Waals surface area contributed by atoms with Gasteiger partial charge in [0, 0.05) is 27.4 Å². The zero-order valence-corrected chi connectivity index (χ0v) is 13.6. The lowest BCUT2D eigenvalue weighted by molar-refractivity contribution is -0.138. The first-order valence-electron chi connectivity index (χ1n) is 9.05. The first kappa shape index (κ1) is 15.6. The SMILES string of the molecule is [2H]C([2H])([2H])C1=C(Cc2ccc(C(F)(F)F)c(C#N)n2)C(=O)c2c(F)ccc(F)c2C1=O. The number of pyridine rings is 1. The monoisotopic (exact) mass is 395 g/mol. The number of alkyl halides is 3. The Bertz CT molecular complexity index is 1210. The molecular weight excluding hydrogens is 383 g/mol. The van der Waals surface area contributed by atoms with Crippen molar-refractivity contribution in [3.63, 3.8) is 0 Å². The number of benzene rings is 1. The van der Waals surface area contributed by atoms with E-state index in [4.69, 9.17) is 9.37 Å². The highest BCUT2D eigenvalue weighted by molar-refractivity contribution is 6.27. The second kappa shape index (κ2) is 6.64. The van der Waals surface area contributed by atoms with Gasteiger partial charge in [-0.1, -0.05) is 0 Å². The van der Waals surface area contributed by atoms with Crippen molar-refractivity contribution in [2.45, 2.75) is 19.4 Å². The van der Waals surface area contributed by atoms with E-state index in [-0.39, 0.29) is 5.69 Å². The number of aromatic nitrogens is 1. The van der Waals surface area contributed by atoms with Crippen LogP contribution in [0.3, 0.4) is 0 Å². The van der Waals surface area contributed by atoms with Crippen LogP contribution < -0.4 is 0 Å². The van der Waals surface area contributed by atoms with Crippen molar-refractivity contribution < 1.29 is 35.7 Å². The molecule has 0 spiro atoms. The van der Waals surface area contributed by atoms with Crippen LogP contribution in [0.2, 0.25) is 0 Å². The number of carbonyl (C=O) groups excluding carboxylic acids is 2. The van der Waals surface area contributed by atoms with Gasteiger partial charge >= 0.3 is 6.18 Å². The van der Waals surface area contributed by atoms with Gasteiger partial charge in [0.2, 0.25) is 0 Å². The Morgan fingerprint density at radius 2 is 1.68 bits per heavy atom. The molecule has 1 aromatic carbocycles. The van der Waals surface area contributed by atoms with Crippen molar-refractivity contribution in [2.24, 2.45) is 0 Å². The van der Waals surface area contributed by atoms with E-state index in [1.807, 2.05) is 0 Å². The fraction of sp³-hybridized carbons (Fsp3) is 0.158. The summed E-state index contributed by atoms with van der Waals surface area (Å²) in [5, 5.41) is 8.96. The lowest BCUT2D eigenvalue weighted by Crippen LogP contribution is -2.25. The van der Waals surface area contributed by atoms with Crippen LogP contribution >= 0.6 is 0 Å². The smallest absolute Gasteiger partial charge is 0.289 e. The molecule has 1 aliphatic rings. The number of nitriles is 1. The van der Waals surface area contributed by atoms with Crippen molar-refractivity contribution in [2.75, 3.05) is 0 Å². The molecule has 3 rings (SSSR count). The van der Waals surface area contributed by atoms with E-state index in [9.17, 15) is 31.5 Å². The Labute approximate surface area is 159 Å². The van der Waals surface area contributed by atoms with Crippen LogP contribution in [0.15, 0.2) is 35.4 Å². The summed E-state index contributed by atoms with van der Waals surface area (Å²) in [6, 6.07) is 3.71. The normalized spacial score (nSPS) is 16.2. The molecule has 9 heteroatoms. The molecule has 28 heavy (non-hydrogen) atoms. The van der Waals surface area contributed by atoms with Gasteiger partial charge in [-0.25, -0.2) is 13.8 Å². The summed E-state index contributed by atoms with van der Waals surface area (Å²) in [6.07, 6.45) is -5.68. The number of hydrogen-bond acceptors (Lipinski definition) is 4. The van der Waals surface area contributed by atoms with Crippen molar-refractivity contribution >= 4 is 11.6 Å². The summed E-state index contributed by atoms with van der Waals surface area (Å²) in [7, 11) is 0. The molecule has 2 aromatic rings. The number of hydrogen-bond donors (Lipinski definition) is 0. The number of carbonyl (C=O) groups is 2. The van der Waals surface area contributed by atoms with Crippen LogP contribution in [-0.4, -0.2) is 16.6 Å². The predicted molar refractivity (Wildman–Crippen MR) is 85.4 cm³/mol. The fourth-order valence-electron chi connectivity index (χ4n) is 2.78. The number of nitrogens with zero attached hydrogens (tertiary/aromatic N) is 2. The largest absolute Gasteiger partial charge is 0.419 e. The fourth-order valence-corrected chi connectivity index (χ4v) is 2.78. The van der Waals surface area contributed by atoms with E-state index < -0.39 is 76.2 Å². The molecule has 0 fully saturated rings. The van der Waals surface area contributed by atoms with Gasteiger partial charge in [-0.3, -0.25) is 9.59 Å². The molecule has 0 unspecified atom stereocenters. The number of Topliss-reactive ketones (excluding diaryl/α,β-unsaturated/α-hetero) is 2. The third-order valence-electron chi connectivity index (χ3n) is 4.08. The maximum absolute atomic E-state index is 14.2. The maximum atomic E-state index is 14.2. The van der Waals surface area contributed by atoms with Crippen LogP contribution in [0.5, 0.6) is 0 Å². The highest BCUT2D eigenvalue weighted by atomic mass is 19.4. The van der Waals surface area contributed by atoms with Crippen molar-refractivity contribution in [3.8, 4) is 6.07 Å². The van der Waals surface area contributed by atoms with Crippen molar-refractivity contribution in [1.82, 2.24) is 4.98 Å². The molecule has 0 bridgehead atoms. The quantitative estimate of drug-likeness (QED) is 0.715. The number of allylic oxidation sites excluding steroid dienone is 2. The minimum Gasteiger partial charge on any atom is -0.289 e. The number of fused-ring (bicyclic) bond motifs is 1. The van der Waals surface area contributed by atoms with Crippen LogP contribution in [-0.2, 0) is 12.6 Å². The van der Waals surface area contributed by atoms with Crippen LogP contribution in [0.1, 0.15) is 48.6 Å². The molecule has 0 radical (unpaired) electrons. The van der Waals surface area contributed by atoms with Crippen LogP contribution in [0.25, 0.3) is 0 Å². The molecule has 0 atom stereocenters. The predicted octanol–water partition coefficient (Wildman–Crippen LogP) is 4.19. The Balaban J connectivity index is 2.21. The Kier molecular flexibility index (Phi) is 3.70. The summed E-state index contributed by atoms with van der Waals surface area (Å²) >= 11 is 0. The molecule has 142 valence electrons. The third-order valence-corrected chi connectivity index (χ3v) is 4.08. The van der Waals surface area contributed by atoms with Gasteiger partial charge in [0.15, 0.2) is 17.3 Å². The molecule has 0 aliphatic heterocycles. The number of halogens is 5. The van der Waals surface area contributed by atoms with Gasteiger partial charge in [0.1, 0.15) is 17.7 Å². The van der Waals surface area contributed by atoms with Gasteiger partial charge in [-0.15, -0.1) is 0 Å².